The first kappa shape index (κ1) is 23.9. The minimum Gasteiger partial charge on any atom is -0.543 e. The van der Waals surface area contributed by atoms with Crippen LogP contribution in [0.3, 0.4) is 0 Å². The molecule has 1 aliphatic rings. The Morgan fingerprint density at radius 1 is 0.742 bits per heavy atom. The molecule has 1 aliphatic heterocycles. The minimum absolute atomic E-state index is 0.150. The Balaban J connectivity index is 1.91. The molecule has 0 amide bonds. The summed E-state index contributed by atoms with van der Waals surface area (Å²) in [5, 5.41) is 0.307. The lowest BCUT2D eigenvalue weighted by Crippen LogP contribution is -2.43. The molecule has 31 heavy (non-hydrogen) atoms. The quantitative estimate of drug-likeness (QED) is 0.472. The Hall–Kier alpha value is -1.77. The summed E-state index contributed by atoms with van der Waals surface area (Å²) in [6.45, 7) is 23.1. The highest BCUT2D eigenvalue weighted by atomic mass is 28.4. The van der Waals surface area contributed by atoms with Crippen LogP contribution >= 0.6 is 0 Å². The fourth-order valence-corrected chi connectivity index (χ4v) is 5.05. The molecule has 2 aromatic rings. The van der Waals surface area contributed by atoms with Crippen molar-refractivity contribution >= 4 is 22.3 Å². The van der Waals surface area contributed by atoms with E-state index >= 15 is 0 Å². The monoisotopic (exact) mass is 457 g/mol. The highest BCUT2D eigenvalue weighted by Crippen LogP contribution is 2.42. The highest BCUT2D eigenvalue weighted by Gasteiger charge is 2.40. The molecule has 170 valence electrons. The third kappa shape index (κ3) is 5.02. The van der Waals surface area contributed by atoms with Gasteiger partial charge in [0.05, 0.1) is 5.69 Å². The lowest BCUT2D eigenvalue weighted by atomic mass is 9.98. The van der Waals surface area contributed by atoms with Gasteiger partial charge in [-0.1, -0.05) is 47.6 Å². The van der Waals surface area contributed by atoms with Crippen LogP contribution in [0.2, 0.25) is 36.3 Å². The Morgan fingerprint density at radius 3 is 1.74 bits per heavy atom. The van der Waals surface area contributed by atoms with Gasteiger partial charge in [-0.2, -0.15) is 0 Å². The Kier molecular flexibility index (Phi) is 6.15. The van der Waals surface area contributed by atoms with Crippen molar-refractivity contribution in [3.05, 3.63) is 42.0 Å². The second kappa shape index (κ2) is 7.98. The number of hydrogen-bond acceptors (Lipinski definition) is 4. The molecular weight excluding hydrogens is 418 g/mol. The summed E-state index contributed by atoms with van der Waals surface area (Å²) in [6.07, 6.45) is 0. The standard InChI is InChI=1S/C25H39NO3Si2/c1-24(2,3)30(7,8)28-19-11-13-21-18(15-19)17-27-26-23-16-20(12-14-22(21)23)29-31(9,10)25(4,5)6/h11-16,26H,17H2,1-10H3. The Bertz CT molecular complexity index is 879. The molecule has 0 saturated carbocycles. The summed E-state index contributed by atoms with van der Waals surface area (Å²) >= 11 is 0. The van der Waals surface area contributed by atoms with Crippen LogP contribution in [0.25, 0.3) is 11.1 Å². The maximum atomic E-state index is 6.51. The third-order valence-corrected chi connectivity index (χ3v) is 15.8. The highest BCUT2D eigenvalue weighted by molar-refractivity contribution is 6.75. The predicted molar refractivity (Wildman–Crippen MR) is 136 cm³/mol. The van der Waals surface area contributed by atoms with Gasteiger partial charge in [0.15, 0.2) is 0 Å². The summed E-state index contributed by atoms with van der Waals surface area (Å²) in [4.78, 5) is 5.81. The Morgan fingerprint density at radius 2 is 1.23 bits per heavy atom. The van der Waals surface area contributed by atoms with E-state index < -0.39 is 16.6 Å². The molecule has 0 aromatic heterocycles. The zero-order chi connectivity index (χ0) is 23.2. The normalized spacial score (nSPS) is 14.8. The molecule has 0 aliphatic carbocycles. The fourth-order valence-electron chi connectivity index (χ4n) is 3.01. The summed E-state index contributed by atoms with van der Waals surface area (Å²) in [5.41, 5.74) is 7.48. The molecule has 2 aromatic carbocycles. The van der Waals surface area contributed by atoms with E-state index in [4.69, 9.17) is 13.7 Å². The van der Waals surface area contributed by atoms with Gasteiger partial charge in [0.2, 0.25) is 16.6 Å². The number of benzene rings is 2. The van der Waals surface area contributed by atoms with E-state index in [1.165, 1.54) is 5.56 Å². The van der Waals surface area contributed by atoms with Crippen LogP contribution in [0.1, 0.15) is 47.1 Å². The second-order valence-electron chi connectivity index (χ2n) is 11.6. The van der Waals surface area contributed by atoms with E-state index in [9.17, 15) is 0 Å². The summed E-state index contributed by atoms with van der Waals surface area (Å²) in [5.74, 6) is 1.82. The van der Waals surface area contributed by atoms with E-state index in [2.05, 4.69) is 110 Å². The van der Waals surface area contributed by atoms with E-state index in [0.29, 0.717) is 6.61 Å². The molecule has 0 atom stereocenters. The van der Waals surface area contributed by atoms with E-state index in [1.807, 2.05) is 0 Å². The fraction of sp³-hybridized carbons (Fsp3) is 0.520. The van der Waals surface area contributed by atoms with Crippen LogP contribution in [0.5, 0.6) is 11.5 Å². The van der Waals surface area contributed by atoms with Crippen molar-refractivity contribution < 1.29 is 13.7 Å². The summed E-state index contributed by atoms with van der Waals surface area (Å²) in [6, 6.07) is 12.6. The van der Waals surface area contributed by atoms with Crippen molar-refractivity contribution in [1.82, 2.24) is 0 Å². The van der Waals surface area contributed by atoms with Crippen LogP contribution in [-0.4, -0.2) is 16.6 Å². The zero-order valence-corrected chi connectivity index (χ0v) is 22.9. The summed E-state index contributed by atoms with van der Waals surface area (Å²) in [7, 11) is -3.79. The van der Waals surface area contributed by atoms with Gasteiger partial charge in [-0.25, -0.2) is 0 Å². The maximum absolute atomic E-state index is 6.51. The first-order valence-electron chi connectivity index (χ1n) is 11.1. The first-order chi connectivity index (χ1) is 14.1. The van der Waals surface area contributed by atoms with E-state index in [1.54, 1.807) is 0 Å². The van der Waals surface area contributed by atoms with Gasteiger partial charge < -0.3 is 8.85 Å². The molecule has 0 bridgehead atoms. The number of nitrogens with one attached hydrogen (secondary N) is 1. The molecule has 4 nitrogen and oxygen atoms in total. The van der Waals surface area contributed by atoms with Crippen molar-refractivity contribution in [2.24, 2.45) is 0 Å². The largest absolute Gasteiger partial charge is 0.543 e. The SMILES string of the molecule is CC(C)(C)[Si](C)(C)Oc1ccc2c(c1)CONc1cc(O[Si](C)(C)C(C)(C)C)ccc1-2. The number of rotatable bonds is 4. The van der Waals surface area contributed by atoms with E-state index in [0.717, 1.165) is 28.3 Å². The van der Waals surface area contributed by atoms with Gasteiger partial charge in [0.25, 0.3) is 0 Å². The number of anilines is 1. The van der Waals surface area contributed by atoms with Crippen LogP contribution in [0.15, 0.2) is 36.4 Å². The molecule has 0 spiro atoms. The second-order valence-corrected chi connectivity index (χ2v) is 21.1. The van der Waals surface area contributed by atoms with E-state index in [-0.39, 0.29) is 10.1 Å². The van der Waals surface area contributed by atoms with Gasteiger partial charge in [-0.3, -0.25) is 10.3 Å². The van der Waals surface area contributed by atoms with Crippen LogP contribution in [0, 0.1) is 0 Å². The smallest absolute Gasteiger partial charge is 0.250 e. The number of hydrogen-bond donors (Lipinski definition) is 1. The van der Waals surface area contributed by atoms with Crippen molar-refractivity contribution in [1.29, 1.82) is 0 Å². The van der Waals surface area contributed by atoms with Gasteiger partial charge in [0.1, 0.15) is 18.1 Å². The topological polar surface area (TPSA) is 39.7 Å². The average molecular weight is 458 g/mol. The minimum atomic E-state index is -1.90. The van der Waals surface area contributed by atoms with Gasteiger partial charge in [0, 0.05) is 11.6 Å². The Labute approximate surface area is 190 Å². The molecule has 1 heterocycles. The third-order valence-electron chi connectivity index (χ3n) is 7.13. The van der Waals surface area contributed by atoms with Gasteiger partial charge in [-0.15, -0.1) is 0 Å². The molecule has 0 unspecified atom stereocenters. The average Bonchev–Trinajstić information content (AvgIpc) is 2.77. The van der Waals surface area contributed by atoms with Crippen molar-refractivity contribution in [2.45, 2.75) is 84.4 Å². The van der Waals surface area contributed by atoms with Crippen LogP contribution in [-0.2, 0) is 11.4 Å². The van der Waals surface area contributed by atoms with Gasteiger partial charge >= 0.3 is 0 Å². The first-order valence-corrected chi connectivity index (χ1v) is 17.0. The lowest BCUT2D eigenvalue weighted by molar-refractivity contribution is 0.182. The molecule has 1 N–H and O–H groups in total. The van der Waals surface area contributed by atoms with Crippen molar-refractivity contribution in [3.63, 3.8) is 0 Å². The lowest BCUT2D eigenvalue weighted by Gasteiger charge is -2.36. The van der Waals surface area contributed by atoms with Crippen molar-refractivity contribution in [2.75, 3.05) is 5.48 Å². The molecule has 0 radical (unpaired) electrons. The number of fused-ring (bicyclic) bond motifs is 3. The maximum Gasteiger partial charge on any atom is 0.250 e. The zero-order valence-electron chi connectivity index (χ0n) is 20.9. The molecule has 6 heteroatoms. The van der Waals surface area contributed by atoms with Crippen molar-refractivity contribution in [3.8, 4) is 22.6 Å². The molecule has 0 saturated heterocycles. The van der Waals surface area contributed by atoms with Gasteiger partial charge in [-0.05, 0) is 71.7 Å². The molecular formula is C25H39NO3Si2. The van der Waals surface area contributed by atoms with Crippen LogP contribution in [0.4, 0.5) is 5.69 Å². The predicted octanol–water partition coefficient (Wildman–Crippen LogP) is 7.98. The van der Waals surface area contributed by atoms with Crippen LogP contribution < -0.4 is 14.3 Å². The molecule has 0 fully saturated rings. The summed E-state index contributed by atoms with van der Waals surface area (Å²) < 4.78 is 13.0. The molecule has 3 rings (SSSR count).